The zero-order valence-electron chi connectivity index (χ0n) is 10.6. The van der Waals surface area contributed by atoms with Crippen molar-refractivity contribution in [3.8, 4) is 0 Å². The minimum Gasteiger partial charge on any atom is -0.481 e. The number of rotatable bonds is 8. The van der Waals surface area contributed by atoms with Gasteiger partial charge in [-0.3, -0.25) is 4.79 Å². The number of thiophene rings is 1. The van der Waals surface area contributed by atoms with Crippen LogP contribution in [-0.2, 0) is 11.2 Å². The fraction of sp³-hybridized carbons (Fsp3) is 0.615. The van der Waals surface area contributed by atoms with Crippen LogP contribution >= 0.6 is 11.3 Å². The van der Waals surface area contributed by atoms with E-state index in [4.69, 9.17) is 5.11 Å². The van der Waals surface area contributed by atoms with E-state index in [1.54, 1.807) is 11.3 Å². The van der Waals surface area contributed by atoms with Gasteiger partial charge in [0.15, 0.2) is 0 Å². The average Bonchev–Trinajstić information content (AvgIpc) is 2.74. The molecule has 0 unspecified atom stereocenters. The van der Waals surface area contributed by atoms with E-state index < -0.39 is 5.97 Å². The summed E-state index contributed by atoms with van der Waals surface area (Å²) in [5.74, 6) is -0.702. The van der Waals surface area contributed by atoms with Crippen molar-refractivity contribution in [1.29, 1.82) is 0 Å². The van der Waals surface area contributed by atoms with Crippen LogP contribution in [0.4, 0.5) is 0 Å². The highest BCUT2D eigenvalue weighted by Gasteiger charge is 2.10. The maximum absolute atomic E-state index is 10.5. The number of hydrogen-bond acceptors (Lipinski definition) is 3. The fourth-order valence-corrected chi connectivity index (χ4v) is 2.47. The highest BCUT2D eigenvalue weighted by atomic mass is 32.1. The molecular weight excluding hydrogens is 234 g/mol. The molecule has 0 aliphatic carbocycles. The molecule has 0 bridgehead atoms. The molecule has 0 amide bonds. The molecule has 1 rings (SSSR count). The van der Waals surface area contributed by atoms with Gasteiger partial charge in [-0.25, -0.2) is 0 Å². The summed E-state index contributed by atoms with van der Waals surface area (Å²) >= 11 is 1.78. The van der Waals surface area contributed by atoms with Crippen molar-refractivity contribution in [1.82, 2.24) is 4.90 Å². The summed E-state index contributed by atoms with van der Waals surface area (Å²) in [5.41, 5.74) is 0. The first-order valence-electron chi connectivity index (χ1n) is 6.08. The number of aliphatic carboxylic acids is 1. The second kappa shape index (κ2) is 7.45. The predicted octanol–water partition coefficient (Wildman–Crippen LogP) is 2.87. The molecule has 1 aromatic heterocycles. The summed E-state index contributed by atoms with van der Waals surface area (Å²) in [4.78, 5) is 14.2. The van der Waals surface area contributed by atoms with Crippen LogP contribution in [0.25, 0.3) is 0 Å². The molecule has 1 aromatic rings. The Kier molecular flexibility index (Phi) is 6.22. The van der Waals surface area contributed by atoms with Crippen molar-refractivity contribution in [3.63, 3.8) is 0 Å². The molecule has 0 radical (unpaired) electrons. The van der Waals surface area contributed by atoms with Crippen molar-refractivity contribution in [2.75, 3.05) is 13.1 Å². The Balaban J connectivity index is 2.30. The molecule has 0 fully saturated rings. The molecule has 3 nitrogen and oxygen atoms in total. The van der Waals surface area contributed by atoms with Gasteiger partial charge in [0.1, 0.15) is 0 Å². The Labute approximate surface area is 107 Å². The minimum absolute atomic E-state index is 0.266. The van der Waals surface area contributed by atoms with Gasteiger partial charge >= 0.3 is 5.97 Å². The summed E-state index contributed by atoms with van der Waals surface area (Å²) in [5, 5.41) is 10.7. The molecular formula is C13H21NO2S. The van der Waals surface area contributed by atoms with E-state index >= 15 is 0 Å². The van der Waals surface area contributed by atoms with Crippen molar-refractivity contribution in [3.05, 3.63) is 22.4 Å². The van der Waals surface area contributed by atoms with Gasteiger partial charge in [0.2, 0.25) is 0 Å². The topological polar surface area (TPSA) is 40.5 Å². The molecule has 96 valence electrons. The van der Waals surface area contributed by atoms with Crippen molar-refractivity contribution < 1.29 is 9.90 Å². The van der Waals surface area contributed by atoms with Crippen LogP contribution in [0.2, 0.25) is 0 Å². The Morgan fingerprint density at radius 3 is 2.76 bits per heavy atom. The zero-order valence-corrected chi connectivity index (χ0v) is 11.4. The number of nitrogens with zero attached hydrogens (tertiary/aromatic N) is 1. The Bertz CT molecular complexity index is 322. The van der Waals surface area contributed by atoms with Crippen LogP contribution in [0.3, 0.4) is 0 Å². The SMILES string of the molecule is CC(C)N(CCCC(=O)O)CCc1cccs1. The number of carboxylic acid groups (broad SMARTS) is 1. The normalized spacial score (nSPS) is 11.3. The van der Waals surface area contributed by atoms with E-state index in [1.807, 2.05) is 0 Å². The molecule has 0 atom stereocenters. The van der Waals surface area contributed by atoms with Crippen molar-refractivity contribution in [2.45, 2.75) is 39.2 Å². The second-order valence-corrected chi connectivity index (χ2v) is 5.49. The summed E-state index contributed by atoms with van der Waals surface area (Å²) in [6.45, 7) is 6.21. The summed E-state index contributed by atoms with van der Waals surface area (Å²) < 4.78 is 0. The lowest BCUT2D eigenvalue weighted by molar-refractivity contribution is -0.137. The highest BCUT2D eigenvalue weighted by molar-refractivity contribution is 7.09. The Morgan fingerprint density at radius 2 is 2.24 bits per heavy atom. The van der Waals surface area contributed by atoms with Crippen LogP contribution < -0.4 is 0 Å². The lowest BCUT2D eigenvalue weighted by atomic mass is 10.2. The number of hydrogen-bond donors (Lipinski definition) is 1. The molecule has 1 heterocycles. The summed E-state index contributed by atoms with van der Waals surface area (Å²) in [6.07, 6.45) is 2.06. The van der Waals surface area contributed by atoms with Gasteiger partial charge in [-0.15, -0.1) is 11.3 Å². The monoisotopic (exact) mass is 255 g/mol. The third kappa shape index (κ3) is 5.84. The molecule has 0 aliphatic heterocycles. The fourth-order valence-electron chi connectivity index (χ4n) is 1.77. The van der Waals surface area contributed by atoms with Crippen LogP contribution in [-0.4, -0.2) is 35.1 Å². The van der Waals surface area contributed by atoms with Crippen LogP contribution in [0, 0.1) is 0 Å². The van der Waals surface area contributed by atoms with Gasteiger partial charge in [0.25, 0.3) is 0 Å². The Hall–Kier alpha value is -0.870. The van der Waals surface area contributed by atoms with Crippen LogP contribution in [0.15, 0.2) is 17.5 Å². The number of carbonyl (C=O) groups is 1. The van der Waals surface area contributed by atoms with E-state index in [1.165, 1.54) is 4.88 Å². The van der Waals surface area contributed by atoms with Crippen LogP contribution in [0.1, 0.15) is 31.6 Å². The lowest BCUT2D eigenvalue weighted by Gasteiger charge is -2.25. The summed E-state index contributed by atoms with van der Waals surface area (Å²) in [6, 6.07) is 4.70. The maximum atomic E-state index is 10.5. The molecule has 0 saturated carbocycles. The molecule has 1 N–H and O–H groups in total. The second-order valence-electron chi connectivity index (χ2n) is 4.46. The van der Waals surface area contributed by atoms with Crippen molar-refractivity contribution in [2.24, 2.45) is 0 Å². The first kappa shape index (κ1) is 14.2. The van der Waals surface area contributed by atoms with Gasteiger partial charge in [-0.1, -0.05) is 6.07 Å². The van der Waals surface area contributed by atoms with Crippen molar-refractivity contribution >= 4 is 17.3 Å². The first-order valence-corrected chi connectivity index (χ1v) is 6.96. The van der Waals surface area contributed by atoms with Gasteiger partial charge in [-0.2, -0.15) is 0 Å². The smallest absolute Gasteiger partial charge is 0.303 e. The average molecular weight is 255 g/mol. The molecule has 0 aliphatic rings. The molecule has 0 aromatic carbocycles. The third-order valence-corrected chi connectivity index (χ3v) is 3.73. The zero-order chi connectivity index (χ0) is 12.7. The van der Waals surface area contributed by atoms with Gasteiger partial charge < -0.3 is 10.0 Å². The molecule has 4 heteroatoms. The maximum Gasteiger partial charge on any atom is 0.303 e. The molecule has 0 spiro atoms. The van der Waals surface area contributed by atoms with Gasteiger partial charge in [0.05, 0.1) is 0 Å². The van der Waals surface area contributed by atoms with Crippen LogP contribution in [0.5, 0.6) is 0 Å². The summed E-state index contributed by atoms with van der Waals surface area (Å²) in [7, 11) is 0. The predicted molar refractivity (Wildman–Crippen MR) is 71.6 cm³/mol. The van der Waals surface area contributed by atoms with Gasteiger partial charge in [0, 0.05) is 23.9 Å². The highest BCUT2D eigenvalue weighted by Crippen LogP contribution is 2.11. The minimum atomic E-state index is -0.702. The lowest BCUT2D eigenvalue weighted by Crippen LogP contribution is -2.33. The first-order chi connectivity index (χ1) is 8.09. The van der Waals surface area contributed by atoms with E-state index in [0.29, 0.717) is 6.04 Å². The largest absolute Gasteiger partial charge is 0.481 e. The third-order valence-electron chi connectivity index (χ3n) is 2.79. The molecule has 0 saturated heterocycles. The van der Waals surface area contributed by atoms with E-state index in [-0.39, 0.29) is 6.42 Å². The van der Waals surface area contributed by atoms with E-state index in [2.05, 4.69) is 36.3 Å². The van der Waals surface area contributed by atoms with E-state index in [9.17, 15) is 4.79 Å². The van der Waals surface area contributed by atoms with E-state index in [0.717, 1.165) is 25.9 Å². The Morgan fingerprint density at radius 1 is 1.47 bits per heavy atom. The number of carboxylic acids is 1. The molecule has 17 heavy (non-hydrogen) atoms. The standard InChI is InChI=1S/C13H21NO2S/c1-11(2)14(8-3-6-13(15)16)9-7-12-5-4-10-17-12/h4-5,10-11H,3,6-9H2,1-2H3,(H,15,16). The van der Waals surface area contributed by atoms with Gasteiger partial charge in [-0.05, 0) is 44.7 Å². The quantitative estimate of drug-likeness (QED) is 0.776.